The fraction of sp³-hybridized carbons (Fsp3) is 0.368. The first-order chi connectivity index (χ1) is 19.9. The Labute approximate surface area is 251 Å². The third kappa shape index (κ3) is 5.60. The summed E-state index contributed by atoms with van der Waals surface area (Å²) in [6.07, 6.45) is 4.64. The maximum absolute atomic E-state index is 11.9. The molecule has 218 valence electrons. The Balaban J connectivity index is 1.65. The van der Waals surface area contributed by atoms with Crippen LogP contribution in [0.4, 0.5) is 0 Å². The van der Waals surface area contributed by atoms with Gasteiger partial charge in [0, 0.05) is 16.4 Å². The Morgan fingerprint density at radius 1 is 0.619 bits per heavy atom. The number of hydrogen-bond acceptors (Lipinski definition) is 3. The van der Waals surface area contributed by atoms with Gasteiger partial charge in [-0.05, 0) is 52.3 Å². The van der Waals surface area contributed by atoms with Crippen LogP contribution >= 0.6 is 0 Å². The summed E-state index contributed by atoms with van der Waals surface area (Å²) in [5.41, 5.74) is 7.22. The number of rotatable bonds is 10. The molecule has 1 heterocycles. The number of phenols is 1. The number of unbranched alkanes of at least 4 members (excludes halogenated alkanes) is 2. The van der Waals surface area contributed by atoms with E-state index in [1.54, 1.807) is 4.80 Å². The van der Waals surface area contributed by atoms with Gasteiger partial charge in [-0.3, -0.25) is 0 Å². The number of hydrogen-bond donors (Lipinski definition) is 1. The molecule has 1 N–H and O–H groups in total. The van der Waals surface area contributed by atoms with E-state index in [4.69, 9.17) is 10.2 Å². The predicted octanol–water partition coefficient (Wildman–Crippen LogP) is 9.64. The highest BCUT2D eigenvalue weighted by Gasteiger charge is 2.32. The Bertz CT molecular complexity index is 1660. The van der Waals surface area contributed by atoms with Crippen LogP contribution in [0.2, 0.25) is 0 Å². The van der Waals surface area contributed by atoms with Crippen molar-refractivity contribution in [1.29, 1.82) is 0 Å². The molecule has 0 aliphatic rings. The van der Waals surface area contributed by atoms with E-state index >= 15 is 0 Å². The number of phenolic OH excluding ortho intramolecular Hbond substituents is 1. The van der Waals surface area contributed by atoms with Crippen LogP contribution in [-0.2, 0) is 16.2 Å². The van der Waals surface area contributed by atoms with Gasteiger partial charge in [0.1, 0.15) is 22.5 Å². The SMILES string of the molecule is CCCCCC(C)(C)c1cc(-n2nc3ccc(C(C)(C)c4ccccc4)cc3n2)c(O)c(C(C)(C)c2ccccc2)c1. The normalized spacial score (nSPS) is 12.6. The molecule has 0 amide bonds. The Kier molecular flexibility index (Phi) is 8.02. The van der Waals surface area contributed by atoms with Crippen molar-refractivity contribution in [1.82, 2.24) is 15.0 Å². The second-order valence-electron chi connectivity index (χ2n) is 13.4. The van der Waals surface area contributed by atoms with Gasteiger partial charge >= 0.3 is 0 Å². The number of nitrogens with zero attached hydrogens (tertiary/aromatic N) is 3. The molecule has 0 radical (unpaired) electrons. The maximum atomic E-state index is 11.9. The van der Waals surface area contributed by atoms with Crippen molar-refractivity contribution in [3.63, 3.8) is 0 Å². The van der Waals surface area contributed by atoms with E-state index in [9.17, 15) is 5.11 Å². The second kappa shape index (κ2) is 11.4. The smallest absolute Gasteiger partial charge is 0.147 e. The molecule has 0 saturated carbocycles. The van der Waals surface area contributed by atoms with Gasteiger partial charge in [-0.1, -0.05) is 141 Å². The maximum Gasteiger partial charge on any atom is 0.147 e. The first kappa shape index (κ1) is 29.6. The van der Waals surface area contributed by atoms with Gasteiger partial charge in [0.25, 0.3) is 0 Å². The molecule has 0 aliphatic carbocycles. The number of aromatic hydroxyl groups is 1. The molecule has 5 aromatic rings. The Hall–Kier alpha value is -3.92. The molecule has 4 nitrogen and oxygen atoms in total. The lowest BCUT2D eigenvalue weighted by atomic mass is 9.73. The van der Waals surface area contributed by atoms with Crippen LogP contribution in [0.25, 0.3) is 16.7 Å². The average Bonchev–Trinajstić information content (AvgIpc) is 3.41. The van der Waals surface area contributed by atoms with Crippen LogP contribution in [0.3, 0.4) is 0 Å². The molecule has 1 aromatic heterocycles. The molecule has 4 heteroatoms. The van der Waals surface area contributed by atoms with E-state index < -0.39 is 5.41 Å². The van der Waals surface area contributed by atoms with Gasteiger partial charge in [0.05, 0.1) is 0 Å². The van der Waals surface area contributed by atoms with Crippen molar-refractivity contribution in [2.24, 2.45) is 0 Å². The molecule has 0 fully saturated rings. The molecule has 0 atom stereocenters. The fourth-order valence-corrected chi connectivity index (χ4v) is 6.04. The Morgan fingerprint density at radius 3 is 1.83 bits per heavy atom. The number of benzene rings is 4. The molecule has 0 bridgehead atoms. The third-order valence-corrected chi connectivity index (χ3v) is 9.26. The van der Waals surface area contributed by atoms with E-state index in [1.807, 2.05) is 18.2 Å². The zero-order chi connectivity index (χ0) is 30.1. The third-order valence-electron chi connectivity index (χ3n) is 9.26. The molecule has 0 aliphatic heterocycles. The summed E-state index contributed by atoms with van der Waals surface area (Å²) in [5, 5.41) is 21.7. The minimum absolute atomic E-state index is 0.0708. The summed E-state index contributed by atoms with van der Waals surface area (Å²) in [6.45, 7) is 15.7. The average molecular weight is 560 g/mol. The monoisotopic (exact) mass is 559 g/mol. The van der Waals surface area contributed by atoms with E-state index in [0.29, 0.717) is 5.69 Å². The van der Waals surface area contributed by atoms with Gasteiger partial charge in [-0.25, -0.2) is 0 Å². The summed E-state index contributed by atoms with van der Waals surface area (Å²) in [5.74, 6) is 0.224. The van der Waals surface area contributed by atoms with Gasteiger partial charge in [0.2, 0.25) is 0 Å². The lowest BCUT2D eigenvalue weighted by Crippen LogP contribution is -2.23. The molecule has 0 unspecified atom stereocenters. The Morgan fingerprint density at radius 2 is 1.21 bits per heavy atom. The molecular formula is C38H45N3O. The van der Waals surface area contributed by atoms with E-state index in [0.717, 1.165) is 28.6 Å². The van der Waals surface area contributed by atoms with Crippen molar-refractivity contribution >= 4 is 11.0 Å². The van der Waals surface area contributed by atoms with Crippen molar-refractivity contribution in [3.05, 3.63) is 119 Å². The van der Waals surface area contributed by atoms with Crippen molar-refractivity contribution in [2.75, 3.05) is 0 Å². The van der Waals surface area contributed by atoms with Crippen LogP contribution in [0, 0.1) is 0 Å². The highest BCUT2D eigenvalue weighted by molar-refractivity contribution is 5.76. The summed E-state index contributed by atoms with van der Waals surface area (Å²) in [4.78, 5) is 1.63. The topological polar surface area (TPSA) is 50.9 Å². The van der Waals surface area contributed by atoms with E-state index in [1.165, 1.54) is 36.0 Å². The number of fused-ring (bicyclic) bond motifs is 1. The quantitative estimate of drug-likeness (QED) is 0.173. The molecular weight excluding hydrogens is 514 g/mol. The summed E-state index contributed by atoms with van der Waals surface area (Å²) >= 11 is 0. The van der Waals surface area contributed by atoms with Crippen molar-refractivity contribution in [2.45, 2.75) is 90.4 Å². The highest BCUT2D eigenvalue weighted by atomic mass is 16.3. The minimum atomic E-state index is -0.422. The molecule has 4 aromatic carbocycles. The molecule has 42 heavy (non-hydrogen) atoms. The zero-order valence-corrected chi connectivity index (χ0v) is 26.3. The first-order valence-corrected chi connectivity index (χ1v) is 15.3. The largest absolute Gasteiger partial charge is 0.505 e. The van der Waals surface area contributed by atoms with Crippen molar-refractivity contribution < 1.29 is 5.11 Å². The van der Waals surface area contributed by atoms with Gasteiger partial charge in [0.15, 0.2) is 0 Å². The van der Waals surface area contributed by atoms with Crippen LogP contribution in [-0.4, -0.2) is 20.1 Å². The standard InChI is InChI=1S/C38H45N3O/c1-8-9-16-23-36(2,3)30-24-31(38(6,7)28-19-14-11-15-20-28)35(42)34(26-30)41-39-32-22-21-29(25-33(32)40-41)37(4,5)27-17-12-10-13-18-27/h10-15,17-22,24-26,42H,8-9,16,23H2,1-7H3. The molecule has 0 saturated heterocycles. The summed E-state index contributed by atoms with van der Waals surface area (Å²) in [7, 11) is 0. The number of aromatic nitrogens is 3. The lowest BCUT2D eigenvalue weighted by molar-refractivity contribution is 0.433. The predicted molar refractivity (Wildman–Crippen MR) is 175 cm³/mol. The lowest BCUT2D eigenvalue weighted by Gasteiger charge is -2.32. The first-order valence-electron chi connectivity index (χ1n) is 15.3. The van der Waals surface area contributed by atoms with Crippen LogP contribution in [0.15, 0.2) is 91.0 Å². The minimum Gasteiger partial charge on any atom is -0.505 e. The van der Waals surface area contributed by atoms with Crippen LogP contribution in [0.1, 0.15) is 102 Å². The zero-order valence-electron chi connectivity index (χ0n) is 26.3. The molecule has 5 rings (SSSR count). The summed E-state index contributed by atoms with van der Waals surface area (Å²) in [6, 6.07) is 31.6. The summed E-state index contributed by atoms with van der Waals surface area (Å²) < 4.78 is 0. The van der Waals surface area contributed by atoms with Crippen LogP contribution in [0.5, 0.6) is 5.75 Å². The van der Waals surface area contributed by atoms with Gasteiger partial charge < -0.3 is 5.11 Å². The van der Waals surface area contributed by atoms with Crippen molar-refractivity contribution in [3.8, 4) is 11.4 Å². The molecule has 0 spiro atoms. The highest BCUT2D eigenvalue weighted by Crippen LogP contribution is 2.43. The van der Waals surface area contributed by atoms with E-state index in [-0.39, 0.29) is 16.6 Å². The second-order valence-corrected chi connectivity index (χ2v) is 13.4. The van der Waals surface area contributed by atoms with Gasteiger partial charge in [-0.2, -0.15) is 0 Å². The van der Waals surface area contributed by atoms with E-state index in [2.05, 4.69) is 121 Å². The van der Waals surface area contributed by atoms with Crippen LogP contribution < -0.4 is 0 Å². The van der Waals surface area contributed by atoms with Gasteiger partial charge in [-0.15, -0.1) is 15.0 Å². The fourth-order valence-electron chi connectivity index (χ4n) is 6.04.